The van der Waals surface area contributed by atoms with Crippen LogP contribution in [0.15, 0.2) is 48.7 Å². The minimum absolute atomic E-state index is 0. The number of likely N-dealkylation sites (tertiary alicyclic amines) is 1. The number of pyridine rings is 1. The molecule has 1 fully saturated rings. The Bertz CT molecular complexity index is 670. The summed E-state index contributed by atoms with van der Waals surface area (Å²) < 4.78 is 5.78. The predicted molar refractivity (Wildman–Crippen MR) is 103 cm³/mol. The van der Waals surface area contributed by atoms with Crippen LogP contribution in [0.2, 0.25) is 0 Å². The zero-order valence-electron chi connectivity index (χ0n) is 14.1. The Morgan fingerprint density at radius 2 is 2.00 bits per heavy atom. The molecule has 1 amide bonds. The normalized spacial score (nSPS) is 15.9. The van der Waals surface area contributed by atoms with Gasteiger partial charge in [0.05, 0.1) is 0 Å². The maximum atomic E-state index is 12.7. The van der Waals surface area contributed by atoms with Crippen molar-refractivity contribution in [2.45, 2.75) is 18.9 Å². The quantitative estimate of drug-likeness (QED) is 0.857. The predicted octanol–water partition coefficient (Wildman–Crippen LogP) is 3.54. The molecule has 2 heterocycles. The summed E-state index contributed by atoms with van der Waals surface area (Å²) in [7, 11) is 1.91. The molecule has 1 aliphatic heterocycles. The van der Waals surface area contributed by atoms with E-state index in [9.17, 15) is 4.79 Å². The van der Waals surface area contributed by atoms with Gasteiger partial charge in [0.2, 0.25) is 0 Å². The number of para-hydroxylation sites is 1. The molecule has 1 saturated heterocycles. The van der Waals surface area contributed by atoms with Crippen LogP contribution in [0.1, 0.15) is 23.3 Å². The van der Waals surface area contributed by atoms with E-state index >= 15 is 0 Å². The van der Waals surface area contributed by atoms with E-state index in [0.717, 1.165) is 31.7 Å². The molecule has 1 N–H and O–H groups in total. The number of carbonyl (C=O) groups is 1. The molecular weight excluding hydrogens is 361 g/mol. The number of amides is 1. The summed E-state index contributed by atoms with van der Waals surface area (Å²) in [5.41, 5.74) is 0.432. The number of nitrogens with one attached hydrogen (secondary N) is 1. The van der Waals surface area contributed by atoms with Crippen LogP contribution in [0.3, 0.4) is 0 Å². The molecule has 3 rings (SSSR count). The van der Waals surface area contributed by atoms with E-state index < -0.39 is 0 Å². The fourth-order valence-electron chi connectivity index (χ4n) is 2.91. The number of aromatic nitrogens is 1. The molecule has 1 aliphatic rings. The molecule has 0 saturated carbocycles. The van der Waals surface area contributed by atoms with E-state index in [1.165, 1.54) is 0 Å². The summed E-state index contributed by atoms with van der Waals surface area (Å²) >= 11 is 0. The highest BCUT2D eigenvalue weighted by Gasteiger charge is 2.29. The lowest BCUT2D eigenvalue weighted by molar-refractivity contribution is 0.0730. The lowest BCUT2D eigenvalue weighted by Crippen LogP contribution is -2.41. The largest absolute Gasteiger partial charge is 0.457 e. The van der Waals surface area contributed by atoms with Gasteiger partial charge in [0.1, 0.15) is 17.2 Å². The van der Waals surface area contributed by atoms with Gasteiger partial charge >= 0.3 is 0 Å². The number of ether oxygens (including phenoxy) is 1. The minimum atomic E-state index is -0.0266. The average molecular weight is 384 g/mol. The molecule has 1 atom stereocenters. The van der Waals surface area contributed by atoms with Gasteiger partial charge in [-0.25, -0.2) is 0 Å². The lowest BCUT2D eigenvalue weighted by Gasteiger charge is -2.24. The van der Waals surface area contributed by atoms with E-state index in [0.29, 0.717) is 11.4 Å². The third kappa shape index (κ3) is 5.33. The van der Waals surface area contributed by atoms with Crippen molar-refractivity contribution in [3.8, 4) is 11.5 Å². The molecule has 25 heavy (non-hydrogen) atoms. The van der Waals surface area contributed by atoms with Gasteiger partial charge < -0.3 is 15.0 Å². The molecule has 1 aromatic carbocycles. The van der Waals surface area contributed by atoms with Crippen LogP contribution in [0.25, 0.3) is 0 Å². The van der Waals surface area contributed by atoms with Crippen LogP contribution in [0, 0.1) is 0 Å². The van der Waals surface area contributed by atoms with Crippen LogP contribution in [0.5, 0.6) is 11.5 Å². The second-order valence-electron chi connectivity index (χ2n) is 5.64. The van der Waals surface area contributed by atoms with Gasteiger partial charge in [-0.3, -0.25) is 9.78 Å². The van der Waals surface area contributed by atoms with Gasteiger partial charge in [-0.05, 0) is 38.1 Å². The third-order valence-corrected chi connectivity index (χ3v) is 4.01. The van der Waals surface area contributed by atoms with Crippen molar-refractivity contribution in [2.75, 3.05) is 20.1 Å². The average Bonchev–Trinajstić information content (AvgIpc) is 3.04. The van der Waals surface area contributed by atoms with Crippen molar-refractivity contribution < 1.29 is 9.53 Å². The fraction of sp³-hybridized carbons (Fsp3) is 0.333. The standard InChI is InChI=1S/C18H21N3O2.2ClH/c1-19-13-14-6-5-11-21(14)18(22)17-12-16(9-10-20-17)23-15-7-3-2-4-8-15;;/h2-4,7-10,12,14,19H,5-6,11,13H2,1H3;2*1H. The molecule has 0 bridgehead atoms. The van der Waals surface area contributed by atoms with Gasteiger partial charge in [0, 0.05) is 31.4 Å². The van der Waals surface area contributed by atoms with Crippen LogP contribution in [-0.4, -0.2) is 42.0 Å². The van der Waals surface area contributed by atoms with Crippen molar-refractivity contribution in [3.05, 3.63) is 54.4 Å². The SMILES string of the molecule is CNCC1CCCN1C(=O)c1cc(Oc2ccccc2)ccn1.Cl.Cl. The highest BCUT2D eigenvalue weighted by molar-refractivity contribution is 5.93. The van der Waals surface area contributed by atoms with E-state index in [2.05, 4.69) is 10.3 Å². The maximum Gasteiger partial charge on any atom is 0.272 e. The van der Waals surface area contributed by atoms with Crippen LogP contribution >= 0.6 is 24.8 Å². The lowest BCUT2D eigenvalue weighted by atomic mass is 10.2. The van der Waals surface area contributed by atoms with Gasteiger partial charge in [0.25, 0.3) is 5.91 Å². The second-order valence-corrected chi connectivity index (χ2v) is 5.64. The minimum Gasteiger partial charge on any atom is -0.457 e. The molecule has 7 heteroatoms. The number of hydrogen-bond acceptors (Lipinski definition) is 4. The van der Waals surface area contributed by atoms with E-state index in [1.54, 1.807) is 18.3 Å². The Balaban J connectivity index is 0.00000156. The number of carbonyl (C=O) groups excluding carboxylic acids is 1. The molecule has 0 radical (unpaired) electrons. The van der Waals surface area contributed by atoms with Crippen molar-refractivity contribution in [3.63, 3.8) is 0 Å². The fourth-order valence-corrected chi connectivity index (χ4v) is 2.91. The summed E-state index contributed by atoms with van der Waals surface area (Å²) in [6, 6.07) is 13.2. The van der Waals surface area contributed by atoms with Crippen LogP contribution < -0.4 is 10.1 Å². The second kappa shape index (κ2) is 10.2. The Morgan fingerprint density at radius 3 is 2.72 bits per heavy atom. The summed E-state index contributed by atoms with van der Waals surface area (Å²) in [6.45, 7) is 1.60. The van der Waals surface area contributed by atoms with Gasteiger partial charge in [-0.15, -0.1) is 24.8 Å². The van der Waals surface area contributed by atoms with Gasteiger partial charge in [0.15, 0.2) is 0 Å². The molecule has 0 aliphatic carbocycles. The topological polar surface area (TPSA) is 54.5 Å². The maximum absolute atomic E-state index is 12.7. The highest BCUT2D eigenvalue weighted by Crippen LogP contribution is 2.23. The summed E-state index contributed by atoms with van der Waals surface area (Å²) in [4.78, 5) is 18.9. The zero-order chi connectivity index (χ0) is 16.1. The molecule has 136 valence electrons. The molecule has 0 spiro atoms. The Morgan fingerprint density at radius 1 is 1.24 bits per heavy atom. The third-order valence-electron chi connectivity index (χ3n) is 4.01. The van der Waals surface area contributed by atoms with Crippen molar-refractivity contribution in [1.29, 1.82) is 0 Å². The summed E-state index contributed by atoms with van der Waals surface area (Å²) in [5.74, 6) is 1.34. The van der Waals surface area contributed by atoms with Crippen molar-refractivity contribution >= 4 is 30.7 Å². The number of benzene rings is 1. The van der Waals surface area contributed by atoms with Crippen LogP contribution in [0.4, 0.5) is 0 Å². The summed E-state index contributed by atoms with van der Waals surface area (Å²) in [6.07, 6.45) is 3.69. The van der Waals surface area contributed by atoms with Crippen molar-refractivity contribution in [2.24, 2.45) is 0 Å². The first-order valence-electron chi connectivity index (χ1n) is 7.92. The van der Waals surface area contributed by atoms with E-state index in [1.807, 2.05) is 42.3 Å². The van der Waals surface area contributed by atoms with Gasteiger partial charge in [-0.2, -0.15) is 0 Å². The molecular formula is C18H23Cl2N3O2. The van der Waals surface area contributed by atoms with E-state index in [4.69, 9.17) is 4.74 Å². The first-order valence-corrected chi connectivity index (χ1v) is 7.92. The molecule has 5 nitrogen and oxygen atoms in total. The highest BCUT2D eigenvalue weighted by atomic mass is 35.5. The number of nitrogens with zero attached hydrogens (tertiary/aromatic N) is 2. The van der Waals surface area contributed by atoms with Crippen LogP contribution in [-0.2, 0) is 0 Å². The Labute approximate surface area is 160 Å². The number of hydrogen-bond donors (Lipinski definition) is 1. The smallest absolute Gasteiger partial charge is 0.272 e. The number of likely N-dealkylation sites (N-methyl/N-ethyl adjacent to an activating group) is 1. The monoisotopic (exact) mass is 383 g/mol. The zero-order valence-corrected chi connectivity index (χ0v) is 15.7. The number of rotatable bonds is 5. The Kier molecular flexibility index (Phi) is 8.69. The first-order chi connectivity index (χ1) is 11.3. The molecule has 1 unspecified atom stereocenters. The molecule has 2 aromatic rings. The van der Waals surface area contributed by atoms with Crippen molar-refractivity contribution in [1.82, 2.24) is 15.2 Å². The summed E-state index contributed by atoms with van der Waals surface area (Å²) in [5, 5.41) is 3.15. The van der Waals surface area contributed by atoms with Gasteiger partial charge in [-0.1, -0.05) is 18.2 Å². The Hall–Kier alpha value is -1.82. The first kappa shape index (κ1) is 21.2. The van der Waals surface area contributed by atoms with E-state index in [-0.39, 0.29) is 36.8 Å². The molecule has 1 aromatic heterocycles. The number of halogens is 2.